The summed E-state index contributed by atoms with van der Waals surface area (Å²) in [5.74, 6) is 1.40. The van der Waals surface area contributed by atoms with Crippen molar-refractivity contribution in [1.82, 2.24) is 34.3 Å². The number of nitrogens with zero attached hydrogens (tertiary/aromatic N) is 8. The van der Waals surface area contributed by atoms with E-state index in [9.17, 15) is 9.59 Å². The van der Waals surface area contributed by atoms with E-state index in [-0.39, 0.29) is 30.0 Å². The molecule has 5 rings (SSSR count). The summed E-state index contributed by atoms with van der Waals surface area (Å²) in [4.78, 5) is 48.7. The second-order valence-corrected chi connectivity index (χ2v) is 11.0. The Kier molecular flexibility index (Phi) is 6.84. The second kappa shape index (κ2) is 9.97. The number of anilines is 2. The van der Waals surface area contributed by atoms with Crippen molar-refractivity contribution in [2.45, 2.75) is 77.9 Å². The van der Waals surface area contributed by atoms with Crippen LogP contribution in [0.2, 0.25) is 0 Å². The van der Waals surface area contributed by atoms with Crippen molar-refractivity contribution in [3.05, 3.63) is 36.7 Å². The SMILES string of the molecule is C=CC(=O)N1CCN(Cn2cnc([C@H](C)Nc3nc(C)nc(N4C(=O)OC5(CC5)[C@@H]4C(C)C)n3)c2)C[C@@H]1C. The van der Waals surface area contributed by atoms with Gasteiger partial charge in [0.25, 0.3) is 0 Å². The van der Waals surface area contributed by atoms with Crippen molar-refractivity contribution >= 4 is 23.9 Å². The molecule has 2 aliphatic heterocycles. The first-order valence-corrected chi connectivity index (χ1v) is 13.3. The maximum absolute atomic E-state index is 12.8. The summed E-state index contributed by atoms with van der Waals surface area (Å²) in [5, 5.41) is 3.32. The minimum atomic E-state index is -0.412. The molecule has 1 aliphatic carbocycles. The Labute approximate surface area is 223 Å². The van der Waals surface area contributed by atoms with Crippen molar-refractivity contribution in [3.8, 4) is 0 Å². The van der Waals surface area contributed by atoms with Crippen LogP contribution in [0.3, 0.4) is 0 Å². The van der Waals surface area contributed by atoms with Crippen LogP contribution < -0.4 is 10.2 Å². The minimum absolute atomic E-state index is 0.0212. The Morgan fingerprint density at radius 2 is 2.03 bits per heavy atom. The highest BCUT2D eigenvalue weighted by Crippen LogP contribution is 2.52. The molecule has 1 spiro atoms. The molecule has 1 N–H and O–H groups in total. The van der Waals surface area contributed by atoms with Gasteiger partial charge in [0.2, 0.25) is 17.8 Å². The smallest absolute Gasteiger partial charge is 0.417 e. The predicted molar refractivity (Wildman–Crippen MR) is 141 cm³/mol. The van der Waals surface area contributed by atoms with Crippen LogP contribution >= 0.6 is 0 Å². The third-order valence-corrected chi connectivity index (χ3v) is 7.60. The lowest BCUT2D eigenvalue weighted by Gasteiger charge is -2.39. The van der Waals surface area contributed by atoms with Crippen LogP contribution in [0.4, 0.5) is 16.7 Å². The zero-order chi connectivity index (χ0) is 27.2. The number of nitrogens with one attached hydrogen (secondary N) is 1. The fourth-order valence-electron chi connectivity index (χ4n) is 5.69. The average Bonchev–Trinajstić information content (AvgIpc) is 3.33. The first kappa shape index (κ1) is 26.1. The van der Waals surface area contributed by atoms with Crippen LogP contribution in [0, 0.1) is 12.8 Å². The van der Waals surface area contributed by atoms with Crippen molar-refractivity contribution in [3.63, 3.8) is 0 Å². The van der Waals surface area contributed by atoms with Crippen LogP contribution in [-0.4, -0.2) is 83.6 Å². The van der Waals surface area contributed by atoms with Crippen molar-refractivity contribution in [1.29, 1.82) is 0 Å². The number of rotatable bonds is 8. The van der Waals surface area contributed by atoms with Gasteiger partial charge in [-0.05, 0) is 45.6 Å². The molecular formula is C26H37N9O3. The number of hydrogen-bond acceptors (Lipinski definition) is 9. The molecule has 3 fully saturated rings. The highest BCUT2D eigenvalue weighted by Gasteiger charge is 2.63. The molecule has 4 heterocycles. The lowest BCUT2D eigenvalue weighted by molar-refractivity contribution is -0.130. The summed E-state index contributed by atoms with van der Waals surface area (Å²) in [5.41, 5.74) is 0.432. The van der Waals surface area contributed by atoms with Gasteiger partial charge in [0.15, 0.2) is 0 Å². The van der Waals surface area contributed by atoms with Gasteiger partial charge in [-0.15, -0.1) is 0 Å². The number of carbonyl (C=O) groups excluding carboxylic acids is 2. The topological polar surface area (TPSA) is 122 Å². The van der Waals surface area contributed by atoms with E-state index < -0.39 is 11.7 Å². The van der Waals surface area contributed by atoms with Gasteiger partial charge in [-0.1, -0.05) is 20.4 Å². The number of piperazine rings is 1. The van der Waals surface area contributed by atoms with E-state index in [4.69, 9.17) is 4.74 Å². The first-order chi connectivity index (χ1) is 18.1. The molecule has 38 heavy (non-hydrogen) atoms. The molecule has 3 aliphatic rings. The first-order valence-electron chi connectivity index (χ1n) is 13.3. The minimum Gasteiger partial charge on any atom is -0.440 e. The Morgan fingerprint density at radius 3 is 2.68 bits per heavy atom. The molecule has 0 radical (unpaired) electrons. The van der Waals surface area contributed by atoms with Gasteiger partial charge in [0, 0.05) is 31.9 Å². The van der Waals surface area contributed by atoms with Crippen LogP contribution in [0.5, 0.6) is 0 Å². The fraction of sp³-hybridized carbons (Fsp3) is 0.615. The summed E-state index contributed by atoms with van der Waals surface area (Å²) >= 11 is 0. The Balaban J connectivity index is 1.25. The van der Waals surface area contributed by atoms with Crippen molar-refractivity contribution in [2.75, 3.05) is 29.9 Å². The third-order valence-electron chi connectivity index (χ3n) is 7.60. The summed E-state index contributed by atoms with van der Waals surface area (Å²) in [6, 6.07) is -0.151. The van der Waals surface area contributed by atoms with E-state index in [0.717, 1.165) is 31.6 Å². The summed E-state index contributed by atoms with van der Waals surface area (Å²) in [6.07, 6.45) is 6.54. The maximum atomic E-state index is 12.8. The largest absolute Gasteiger partial charge is 0.440 e. The highest BCUT2D eigenvalue weighted by atomic mass is 16.6. The normalized spacial score (nSPS) is 23.6. The number of carbonyl (C=O) groups is 2. The van der Waals surface area contributed by atoms with Crippen molar-refractivity contribution in [2.24, 2.45) is 5.92 Å². The maximum Gasteiger partial charge on any atom is 0.417 e. The molecule has 1 saturated carbocycles. The molecule has 2 saturated heterocycles. The Bertz CT molecular complexity index is 1220. The van der Waals surface area contributed by atoms with E-state index in [1.54, 1.807) is 11.8 Å². The van der Waals surface area contributed by atoms with Crippen molar-refractivity contribution < 1.29 is 14.3 Å². The molecule has 2 aromatic rings. The van der Waals surface area contributed by atoms with E-state index in [1.807, 2.05) is 28.9 Å². The Morgan fingerprint density at radius 1 is 1.26 bits per heavy atom. The molecular weight excluding hydrogens is 486 g/mol. The van der Waals surface area contributed by atoms with Gasteiger partial charge in [0.1, 0.15) is 11.4 Å². The number of imidazole rings is 1. The van der Waals surface area contributed by atoms with Crippen LogP contribution in [0.25, 0.3) is 0 Å². The zero-order valence-corrected chi connectivity index (χ0v) is 22.8. The lowest BCUT2D eigenvalue weighted by atomic mass is 9.96. The molecule has 0 bridgehead atoms. The molecule has 0 unspecified atom stereocenters. The zero-order valence-electron chi connectivity index (χ0n) is 22.8. The standard InChI is InChI=1S/C26H37N9O3/c1-7-21(36)34-11-10-32(12-17(34)4)15-33-13-20(27-14-33)18(5)28-23-29-19(6)30-24(31-23)35-22(16(2)3)26(8-9-26)38-25(35)37/h7,13-14,16-18,22H,1,8-12,15H2,2-6H3,(H,28,29,30,31)/t17-,18-,22-/m0/s1. The molecule has 2 aromatic heterocycles. The van der Waals surface area contributed by atoms with Gasteiger partial charge in [-0.2, -0.15) is 15.0 Å². The second-order valence-electron chi connectivity index (χ2n) is 11.0. The fourth-order valence-corrected chi connectivity index (χ4v) is 5.69. The van der Waals surface area contributed by atoms with Gasteiger partial charge in [0.05, 0.1) is 30.8 Å². The van der Waals surface area contributed by atoms with Crippen LogP contribution in [0.15, 0.2) is 25.2 Å². The molecule has 12 heteroatoms. The molecule has 12 nitrogen and oxygen atoms in total. The Hall–Kier alpha value is -3.54. The number of hydrogen-bond donors (Lipinski definition) is 1. The van der Waals surface area contributed by atoms with Crippen LogP contribution in [-0.2, 0) is 16.2 Å². The average molecular weight is 524 g/mol. The molecule has 204 valence electrons. The van der Waals surface area contributed by atoms with Crippen LogP contribution in [0.1, 0.15) is 58.1 Å². The number of aromatic nitrogens is 5. The van der Waals surface area contributed by atoms with E-state index in [2.05, 4.69) is 57.5 Å². The number of aryl methyl sites for hydroxylation is 1. The highest BCUT2D eigenvalue weighted by molar-refractivity contribution is 5.90. The molecule has 0 aromatic carbocycles. The third kappa shape index (κ3) is 4.96. The van der Waals surface area contributed by atoms with Gasteiger partial charge in [-0.25, -0.2) is 14.7 Å². The van der Waals surface area contributed by atoms with E-state index in [0.29, 0.717) is 30.9 Å². The number of ether oxygens (including phenoxy) is 1. The van der Waals surface area contributed by atoms with E-state index >= 15 is 0 Å². The molecule has 2 amide bonds. The summed E-state index contributed by atoms with van der Waals surface area (Å²) in [7, 11) is 0. The molecule has 3 atom stereocenters. The summed E-state index contributed by atoms with van der Waals surface area (Å²) in [6.45, 7) is 16.5. The monoisotopic (exact) mass is 523 g/mol. The lowest BCUT2D eigenvalue weighted by Crippen LogP contribution is -2.53. The predicted octanol–water partition coefficient (Wildman–Crippen LogP) is 2.74. The number of amides is 2. The quantitative estimate of drug-likeness (QED) is 0.521. The van der Waals surface area contributed by atoms with E-state index in [1.165, 1.54) is 6.08 Å². The van der Waals surface area contributed by atoms with Gasteiger partial charge in [-0.3, -0.25) is 9.69 Å². The van der Waals surface area contributed by atoms with Gasteiger partial charge >= 0.3 is 6.09 Å². The summed E-state index contributed by atoms with van der Waals surface area (Å²) < 4.78 is 7.79. The van der Waals surface area contributed by atoms with Gasteiger partial charge < -0.3 is 19.5 Å².